The summed E-state index contributed by atoms with van der Waals surface area (Å²) in [6.07, 6.45) is 2.06. The van der Waals surface area contributed by atoms with E-state index < -0.39 is 0 Å². The van der Waals surface area contributed by atoms with Gasteiger partial charge in [-0.05, 0) is 46.6 Å². The molecule has 0 aliphatic rings. The number of azo groups is 1. The highest BCUT2D eigenvalue weighted by atomic mass is 32.1. The van der Waals surface area contributed by atoms with Gasteiger partial charge in [0.15, 0.2) is 0 Å². The number of benzene rings is 3. The maximum atomic E-state index is 4.59. The van der Waals surface area contributed by atoms with Gasteiger partial charge in [0.2, 0.25) is 0 Å². The van der Waals surface area contributed by atoms with Crippen molar-refractivity contribution in [2.45, 2.75) is 20.0 Å². The topological polar surface area (TPSA) is 52.7 Å². The molecule has 0 saturated heterocycles. The molecule has 1 heterocycles. The fourth-order valence-electron chi connectivity index (χ4n) is 3.29. The van der Waals surface area contributed by atoms with Crippen LogP contribution in [0.15, 0.2) is 95.3 Å². The Bertz CT molecular complexity index is 1150. The molecule has 0 aliphatic carbocycles. The predicted octanol–water partition coefficient (Wildman–Crippen LogP) is 6.52. The molecule has 0 amide bonds. The molecule has 0 aliphatic heterocycles. The standard InChI is InChI=1S/C25H25N5S/c1-19-18-30(2)25(31-19)29-28-23-15-9-14-22(26-16-20-10-5-3-6-11-20)24(23)27-17-21-12-7-4-8-13-21/h3-15,18H,16-17H2,1-2H3,(H,26,28)/p+1. The molecular formula is C25H26N5S+. The van der Waals surface area contributed by atoms with Crippen LogP contribution >= 0.6 is 11.3 Å². The third-order valence-electron chi connectivity index (χ3n) is 4.85. The molecule has 0 spiro atoms. The molecule has 0 atom stereocenters. The number of anilines is 2. The van der Waals surface area contributed by atoms with Gasteiger partial charge >= 0.3 is 5.13 Å². The zero-order valence-electron chi connectivity index (χ0n) is 17.7. The summed E-state index contributed by atoms with van der Waals surface area (Å²) in [6.45, 7) is 3.52. The van der Waals surface area contributed by atoms with Crippen LogP contribution in [-0.4, -0.2) is 0 Å². The normalized spacial score (nSPS) is 11.0. The number of aryl methyl sites for hydroxylation is 2. The van der Waals surface area contributed by atoms with Gasteiger partial charge < -0.3 is 10.6 Å². The molecule has 3 aromatic carbocycles. The fraction of sp³-hybridized carbons (Fsp3) is 0.160. The summed E-state index contributed by atoms with van der Waals surface area (Å²) in [5.41, 5.74) is 5.19. The van der Waals surface area contributed by atoms with Crippen molar-refractivity contribution in [3.05, 3.63) is 101 Å². The van der Waals surface area contributed by atoms with Gasteiger partial charge in [-0.25, -0.2) is 4.57 Å². The minimum absolute atomic E-state index is 0.708. The molecule has 6 heteroatoms. The number of para-hydroxylation sites is 1. The average Bonchev–Trinajstić information content (AvgIpc) is 3.13. The molecule has 1 aromatic heterocycles. The Kier molecular flexibility index (Phi) is 6.69. The summed E-state index contributed by atoms with van der Waals surface area (Å²) in [4.78, 5) is 1.21. The quantitative estimate of drug-likeness (QED) is 0.248. The van der Waals surface area contributed by atoms with Crippen LogP contribution in [0.1, 0.15) is 16.0 Å². The van der Waals surface area contributed by atoms with E-state index in [1.807, 2.05) is 35.9 Å². The van der Waals surface area contributed by atoms with Crippen LogP contribution in [0.4, 0.5) is 22.2 Å². The number of aromatic nitrogens is 1. The average molecular weight is 429 g/mol. The molecule has 4 rings (SSSR count). The van der Waals surface area contributed by atoms with Gasteiger partial charge in [-0.15, -0.1) is 0 Å². The molecule has 4 aromatic rings. The van der Waals surface area contributed by atoms with E-state index in [4.69, 9.17) is 0 Å². The van der Waals surface area contributed by atoms with Crippen molar-refractivity contribution >= 4 is 33.5 Å². The molecule has 31 heavy (non-hydrogen) atoms. The molecule has 0 radical (unpaired) electrons. The second-order valence-electron chi connectivity index (χ2n) is 7.31. The van der Waals surface area contributed by atoms with Crippen LogP contribution in [-0.2, 0) is 20.1 Å². The predicted molar refractivity (Wildman–Crippen MR) is 128 cm³/mol. The van der Waals surface area contributed by atoms with E-state index in [9.17, 15) is 0 Å². The van der Waals surface area contributed by atoms with Gasteiger partial charge in [0.05, 0.1) is 23.5 Å². The molecule has 0 fully saturated rings. The van der Waals surface area contributed by atoms with E-state index in [1.165, 1.54) is 16.0 Å². The summed E-state index contributed by atoms with van der Waals surface area (Å²) in [6, 6.07) is 26.8. The second-order valence-corrected chi connectivity index (χ2v) is 8.53. The van der Waals surface area contributed by atoms with Crippen molar-refractivity contribution in [1.29, 1.82) is 0 Å². The zero-order chi connectivity index (χ0) is 21.5. The third kappa shape index (κ3) is 5.55. The Morgan fingerprint density at radius 1 is 0.774 bits per heavy atom. The largest absolute Gasteiger partial charge is 0.408 e. The van der Waals surface area contributed by atoms with Crippen molar-refractivity contribution in [2.75, 3.05) is 10.6 Å². The molecule has 2 N–H and O–H groups in total. The van der Waals surface area contributed by atoms with Crippen LogP contribution in [0.25, 0.3) is 0 Å². The van der Waals surface area contributed by atoms with Gasteiger partial charge in [0.25, 0.3) is 0 Å². The van der Waals surface area contributed by atoms with Gasteiger partial charge in [0.1, 0.15) is 11.9 Å². The van der Waals surface area contributed by atoms with Crippen molar-refractivity contribution in [1.82, 2.24) is 0 Å². The number of nitrogens with zero attached hydrogens (tertiary/aromatic N) is 3. The maximum Gasteiger partial charge on any atom is 0.408 e. The van der Waals surface area contributed by atoms with E-state index in [0.717, 1.165) is 28.7 Å². The van der Waals surface area contributed by atoms with E-state index in [-0.39, 0.29) is 0 Å². The minimum Gasteiger partial charge on any atom is -0.379 e. The summed E-state index contributed by atoms with van der Waals surface area (Å²) in [7, 11) is 1.99. The summed E-state index contributed by atoms with van der Waals surface area (Å²) in [5, 5.41) is 17.1. The molecule has 0 bridgehead atoms. The highest BCUT2D eigenvalue weighted by molar-refractivity contribution is 7.14. The van der Waals surface area contributed by atoms with Crippen LogP contribution < -0.4 is 15.2 Å². The van der Waals surface area contributed by atoms with Crippen LogP contribution in [0, 0.1) is 6.92 Å². The SMILES string of the molecule is Cc1c[n+](C)c(N=Nc2cccc(NCc3ccccc3)c2NCc2ccccc2)s1. The minimum atomic E-state index is 0.708. The van der Waals surface area contributed by atoms with Crippen molar-refractivity contribution in [3.63, 3.8) is 0 Å². The third-order valence-corrected chi connectivity index (χ3v) is 5.83. The van der Waals surface area contributed by atoms with Gasteiger partial charge in [-0.1, -0.05) is 66.7 Å². The Labute approximate surface area is 187 Å². The lowest BCUT2D eigenvalue weighted by Gasteiger charge is -2.15. The van der Waals surface area contributed by atoms with E-state index in [2.05, 4.69) is 88.6 Å². The maximum absolute atomic E-state index is 4.59. The van der Waals surface area contributed by atoms with Gasteiger partial charge in [-0.3, -0.25) is 0 Å². The Morgan fingerprint density at radius 2 is 1.42 bits per heavy atom. The lowest BCUT2D eigenvalue weighted by molar-refractivity contribution is -0.654. The molecule has 0 unspecified atom stereocenters. The number of hydrogen-bond acceptors (Lipinski definition) is 5. The summed E-state index contributed by atoms with van der Waals surface area (Å²) < 4.78 is 2.00. The van der Waals surface area contributed by atoms with Crippen molar-refractivity contribution in [3.8, 4) is 0 Å². The van der Waals surface area contributed by atoms with E-state index in [0.29, 0.717) is 6.54 Å². The first-order chi connectivity index (χ1) is 15.2. The van der Waals surface area contributed by atoms with E-state index in [1.54, 1.807) is 11.3 Å². The lowest BCUT2D eigenvalue weighted by Crippen LogP contribution is -2.23. The molecule has 156 valence electrons. The summed E-state index contributed by atoms with van der Waals surface area (Å²) >= 11 is 1.63. The number of nitrogens with one attached hydrogen (secondary N) is 2. The zero-order valence-corrected chi connectivity index (χ0v) is 18.6. The van der Waals surface area contributed by atoms with Crippen molar-refractivity contribution < 1.29 is 4.57 Å². The number of rotatable bonds is 8. The number of hydrogen-bond donors (Lipinski definition) is 2. The van der Waals surface area contributed by atoms with Crippen LogP contribution in [0.3, 0.4) is 0 Å². The highest BCUT2D eigenvalue weighted by Crippen LogP contribution is 2.35. The molecule has 5 nitrogen and oxygen atoms in total. The Morgan fingerprint density at radius 3 is 2.03 bits per heavy atom. The van der Waals surface area contributed by atoms with E-state index >= 15 is 0 Å². The second kappa shape index (κ2) is 10.00. The number of thiazole rings is 1. The highest BCUT2D eigenvalue weighted by Gasteiger charge is 2.14. The molecule has 0 saturated carbocycles. The monoisotopic (exact) mass is 428 g/mol. The van der Waals surface area contributed by atoms with Crippen LogP contribution in [0.5, 0.6) is 0 Å². The Hall–Kier alpha value is -3.51. The van der Waals surface area contributed by atoms with Gasteiger partial charge in [-0.2, -0.15) is 0 Å². The van der Waals surface area contributed by atoms with Crippen LogP contribution in [0.2, 0.25) is 0 Å². The van der Waals surface area contributed by atoms with Crippen molar-refractivity contribution in [2.24, 2.45) is 17.3 Å². The van der Waals surface area contributed by atoms with Gasteiger partial charge in [0, 0.05) is 18.0 Å². The fourth-order valence-corrected chi connectivity index (χ4v) is 4.07. The smallest absolute Gasteiger partial charge is 0.379 e. The molecular weight excluding hydrogens is 402 g/mol. The lowest BCUT2D eigenvalue weighted by atomic mass is 10.1. The first kappa shape index (κ1) is 20.8. The summed E-state index contributed by atoms with van der Waals surface area (Å²) in [5.74, 6) is 0. The Balaban J connectivity index is 1.61. The first-order valence-corrected chi connectivity index (χ1v) is 11.1. The first-order valence-electron chi connectivity index (χ1n) is 10.3.